The van der Waals surface area contributed by atoms with Crippen molar-refractivity contribution in [3.63, 3.8) is 0 Å². The van der Waals surface area contributed by atoms with E-state index in [1.807, 2.05) is 11.4 Å². The standard InChI is InChI=1S/C14H14N2O4S/c1-9-13(20-8-15-9)14(19)16(2)6-10-5-11(21-7-10)3-4-12(17)18/h3-5,7-8H,6H2,1-2H3,(H,17,18)/b4-3+. The predicted molar refractivity (Wildman–Crippen MR) is 78.0 cm³/mol. The van der Waals surface area contributed by atoms with Gasteiger partial charge in [0.15, 0.2) is 6.39 Å². The van der Waals surface area contributed by atoms with Gasteiger partial charge in [-0.15, -0.1) is 11.3 Å². The van der Waals surface area contributed by atoms with Crippen LogP contribution in [0.2, 0.25) is 0 Å². The first-order chi connectivity index (χ1) is 9.97. The molecule has 0 aliphatic heterocycles. The maximum absolute atomic E-state index is 12.2. The van der Waals surface area contributed by atoms with Crippen LogP contribution in [-0.2, 0) is 11.3 Å². The number of hydrogen-bond acceptors (Lipinski definition) is 5. The molecule has 7 heteroatoms. The summed E-state index contributed by atoms with van der Waals surface area (Å²) in [5.41, 5.74) is 1.49. The summed E-state index contributed by atoms with van der Waals surface area (Å²) < 4.78 is 5.08. The van der Waals surface area contributed by atoms with Crippen molar-refractivity contribution in [1.82, 2.24) is 9.88 Å². The van der Waals surface area contributed by atoms with Gasteiger partial charge in [0.05, 0.1) is 5.69 Å². The van der Waals surface area contributed by atoms with Crippen LogP contribution in [0.15, 0.2) is 28.3 Å². The molecule has 1 N–H and O–H groups in total. The summed E-state index contributed by atoms with van der Waals surface area (Å²) >= 11 is 1.42. The van der Waals surface area contributed by atoms with Crippen LogP contribution in [-0.4, -0.2) is 33.9 Å². The molecule has 0 aromatic carbocycles. The van der Waals surface area contributed by atoms with Crippen LogP contribution in [0.25, 0.3) is 6.08 Å². The van der Waals surface area contributed by atoms with Crippen molar-refractivity contribution < 1.29 is 19.1 Å². The second-order valence-electron chi connectivity index (χ2n) is 4.46. The number of aryl methyl sites for hydroxylation is 1. The molecule has 1 amide bonds. The number of hydrogen-bond donors (Lipinski definition) is 1. The van der Waals surface area contributed by atoms with Crippen molar-refractivity contribution in [3.05, 3.63) is 45.8 Å². The van der Waals surface area contributed by atoms with Crippen molar-refractivity contribution in [1.29, 1.82) is 0 Å². The third-order valence-corrected chi connectivity index (χ3v) is 3.72. The van der Waals surface area contributed by atoms with Crippen LogP contribution < -0.4 is 0 Å². The van der Waals surface area contributed by atoms with Gasteiger partial charge in [0.1, 0.15) is 0 Å². The lowest BCUT2D eigenvalue weighted by atomic mass is 10.2. The molecule has 2 heterocycles. The topological polar surface area (TPSA) is 83.6 Å². The van der Waals surface area contributed by atoms with Gasteiger partial charge in [0.2, 0.25) is 5.76 Å². The Labute approximate surface area is 125 Å². The van der Waals surface area contributed by atoms with E-state index in [1.54, 1.807) is 14.0 Å². The molecule has 0 radical (unpaired) electrons. The molecule has 0 fully saturated rings. The van der Waals surface area contributed by atoms with Gasteiger partial charge >= 0.3 is 5.97 Å². The lowest BCUT2D eigenvalue weighted by Crippen LogP contribution is -2.26. The van der Waals surface area contributed by atoms with E-state index in [-0.39, 0.29) is 11.7 Å². The third kappa shape index (κ3) is 3.79. The lowest BCUT2D eigenvalue weighted by Gasteiger charge is -2.14. The number of carboxylic acid groups (broad SMARTS) is 1. The molecule has 0 saturated heterocycles. The Morgan fingerprint density at radius 3 is 2.90 bits per heavy atom. The van der Waals surface area contributed by atoms with E-state index in [9.17, 15) is 9.59 Å². The van der Waals surface area contributed by atoms with Crippen LogP contribution in [0, 0.1) is 6.92 Å². The highest BCUT2D eigenvalue weighted by Gasteiger charge is 2.18. The molecule has 110 valence electrons. The molecule has 2 aromatic rings. The maximum Gasteiger partial charge on any atom is 0.328 e. The average molecular weight is 306 g/mol. The molecule has 0 unspecified atom stereocenters. The number of aliphatic carboxylic acids is 1. The van der Waals surface area contributed by atoms with Crippen molar-refractivity contribution >= 4 is 29.3 Å². The zero-order valence-electron chi connectivity index (χ0n) is 11.6. The number of carboxylic acids is 1. The number of amides is 1. The fraction of sp³-hybridized carbons (Fsp3) is 0.214. The molecule has 2 rings (SSSR count). The van der Waals surface area contributed by atoms with E-state index in [0.717, 1.165) is 16.5 Å². The highest BCUT2D eigenvalue weighted by atomic mass is 32.1. The monoisotopic (exact) mass is 306 g/mol. The smallest absolute Gasteiger partial charge is 0.328 e. The highest BCUT2D eigenvalue weighted by molar-refractivity contribution is 7.11. The van der Waals surface area contributed by atoms with Gasteiger partial charge in [-0.3, -0.25) is 4.79 Å². The molecular formula is C14H14N2O4S. The van der Waals surface area contributed by atoms with Crippen molar-refractivity contribution in [2.75, 3.05) is 7.05 Å². The molecule has 0 aliphatic rings. The SMILES string of the molecule is Cc1ncoc1C(=O)N(C)Cc1csc(/C=C/C(=O)O)c1. The minimum atomic E-state index is -0.988. The quantitative estimate of drug-likeness (QED) is 0.858. The zero-order valence-corrected chi connectivity index (χ0v) is 12.4. The largest absolute Gasteiger partial charge is 0.478 e. The van der Waals surface area contributed by atoms with Crippen molar-refractivity contribution in [3.8, 4) is 0 Å². The minimum absolute atomic E-state index is 0.235. The first-order valence-corrected chi connectivity index (χ1v) is 6.99. The molecule has 6 nitrogen and oxygen atoms in total. The molecule has 0 atom stereocenters. The number of thiophene rings is 1. The third-order valence-electron chi connectivity index (χ3n) is 2.77. The summed E-state index contributed by atoms with van der Waals surface area (Å²) in [5.74, 6) is -0.990. The number of nitrogens with zero attached hydrogens (tertiary/aromatic N) is 2. The van der Waals surface area contributed by atoms with E-state index >= 15 is 0 Å². The van der Waals surface area contributed by atoms with Gasteiger partial charge in [-0.1, -0.05) is 0 Å². The van der Waals surface area contributed by atoms with Crippen LogP contribution in [0.4, 0.5) is 0 Å². The fourth-order valence-electron chi connectivity index (χ4n) is 1.74. The first kappa shape index (κ1) is 15.0. The predicted octanol–water partition coefficient (Wildman–Crippen LogP) is 2.41. The molecular weight excluding hydrogens is 292 g/mol. The second-order valence-corrected chi connectivity index (χ2v) is 5.40. The molecule has 2 aromatic heterocycles. The van der Waals surface area contributed by atoms with E-state index in [0.29, 0.717) is 12.2 Å². The summed E-state index contributed by atoms with van der Waals surface area (Å²) in [7, 11) is 1.68. The van der Waals surface area contributed by atoms with E-state index in [2.05, 4.69) is 4.98 Å². The van der Waals surface area contributed by atoms with Crippen molar-refractivity contribution in [2.24, 2.45) is 0 Å². The molecule has 21 heavy (non-hydrogen) atoms. The van der Waals surface area contributed by atoms with E-state index in [4.69, 9.17) is 9.52 Å². The number of oxazole rings is 1. The summed E-state index contributed by atoms with van der Waals surface area (Å²) in [6.07, 6.45) is 3.86. The summed E-state index contributed by atoms with van der Waals surface area (Å²) in [6, 6.07) is 1.85. The normalized spacial score (nSPS) is 11.0. The van der Waals surface area contributed by atoms with Gasteiger partial charge in [0.25, 0.3) is 5.91 Å². The molecule has 0 spiro atoms. The van der Waals surface area contributed by atoms with Crippen LogP contribution in [0.5, 0.6) is 0 Å². The number of rotatable bonds is 5. The van der Waals surface area contributed by atoms with Crippen LogP contribution >= 0.6 is 11.3 Å². The van der Waals surface area contributed by atoms with Gasteiger partial charge < -0.3 is 14.4 Å². The molecule has 0 bridgehead atoms. The summed E-state index contributed by atoms with van der Waals surface area (Å²) in [5, 5.41) is 10.5. The number of aromatic nitrogens is 1. The van der Waals surface area contributed by atoms with Crippen molar-refractivity contribution in [2.45, 2.75) is 13.5 Å². The molecule has 0 aliphatic carbocycles. The Hall–Kier alpha value is -2.41. The van der Waals surface area contributed by atoms with E-state index < -0.39 is 5.97 Å². The van der Waals surface area contributed by atoms with Gasteiger partial charge in [-0.2, -0.15) is 0 Å². The number of carbonyl (C=O) groups excluding carboxylic acids is 1. The Balaban J connectivity index is 2.03. The van der Waals surface area contributed by atoms with Gasteiger partial charge in [-0.05, 0) is 30.0 Å². The Morgan fingerprint density at radius 2 is 2.29 bits per heavy atom. The van der Waals surface area contributed by atoms with E-state index in [1.165, 1.54) is 28.7 Å². The molecule has 0 saturated carbocycles. The minimum Gasteiger partial charge on any atom is -0.478 e. The Morgan fingerprint density at radius 1 is 1.52 bits per heavy atom. The maximum atomic E-state index is 12.2. The Kier molecular flexibility index (Phi) is 4.54. The average Bonchev–Trinajstić information content (AvgIpc) is 3.04. The summed E-state index contributed by atoms with van der Waals surface area (Å²) in [4.78, 5) is 28.9. The van der Waals surface area contributed by atoms with Gasteiger partial charge in [0, 0.05) is 24.5 Å². The fourth-order valence-corrected chi connectivity index (χ4v) is 2.54. The lowest BCUT2D eigenvalue weighted by molar-refractivity contribution is -0.131. The Bertz CT molecular complexity index is 687. The summed E-state index contributed by atoms with van der Waals surface area (Å²) in [6.45, 7) is 2.13. The first-order valence-electron chi connectivity index (χ1n) is 6.11. The van der Waals surface area contributed by atoms with Crippen LogP contribution in [0.1, 0.15) is 26.7 Å². The van der Waals surface area contributed by atoms with Crippen LogP contribution in [0.3, 0.4) is 0 Å². The second kappa shape index (κ2) is 6.36. The van der Waals surface area contributed by atoms with Gasteiger partial charge in [-0.25, -0.2) is 9.78 Å². The number of carbonyl (C=O) groups is 2. The highest BCUT2D eigenvalue weighted by Crippen LogP contribution is 2.18. The zero-order chi connectivity index (χ0) is 15.4.